The number of esters is 2. The van der Waals surface area contributed by atoms with E-state index >= 15 is 0 Å². The summed E-state index contributed by atoms with van der Waals surface area (Å²) < 4.78 is 11.8. The molecule has 4 aliphatic carbocycles. The molecule has 5 nitrogen and oxygen atoms in total. The molecule has 0 aromatic carbocycles. The monoisotopic (exact) mass is 470 g/mol. The lowest BCUT2D eigenvalue weighted by atomic mass is 9.46. The summed E-state index contributed by atoms with van der Waals surface area (Å²) in [4.78, 5) is 36.5. The van der Waals surface area contributed by atoms with Crippen LogP contribution in [0.3, 0.4) is 0 Å². The van der Waals surface area contributed by atoms with Crippen molar-refractivity contribution in [2.75, 3.05) is 6.61 Å². The molecule has 5 heteroatoms. The largest absolute Gasteiger partial charge is 0.465 e. The molecule has 1 saturated heterocycles. The molecule has 9 atom stereocenters. The second-order valence-corrected chi connectivity index (χ2v) is 12.5. The van der Waals surface area contributed by atoms with Gasteiger partial charge in [-0.2, -0.15) is 0 Å². The molecule has 0 aromatic rings. The molecule has 4 fully saturated rings. The number of hydrogen-bond acceptors (Lipinski definition) is 5. The Kier molecular flexibility index (Phi) is 6.21. The smallest absolute Gasteiger partial charge is 0.308 e. The number of rotatable bonds is 4. The SMILES string of the molecule is CC(=O)OC[C@]12CCC3C(CCC4=CC(=O)CC[C@@]43C)C1CC[C@@H]2[C@H](C)C1CCC(C)C(=O)O1. The Morgan fingerprint density at radius 3 is 2.62 bits per heavy atom. The zero-order valence-electron chi connectivity index (χ0n) is 21.4. The number of cyclic esters (lactones) is 1. The molecular weight excluding hydrogens is 428 g/mol. The molecule has 0 aromatic heterocycles. The van der Waals surface area contributed by atoms with Gasteiger partial charge in [-0.25, -0.2) is 0 Å². The van der Waals surface area contributed by atoms with Crippen LogP contribution in [0.4, 0.5) is 0 Å². The minimum atomic E-state index is -0.196. The van der Waals surface area contributed by atoms with E-state index in [4.69, 9.17) is 9.47 Å². The fourth-order valence-corrected chi connectivity index (χ4v) is 9.20. The number of allylic oxidation sites excluding steroid dienone is 1. The van der Waals surface area contributed by atoms with Gasteiger partial charge in [0.2, 0.25) is 0 Å². The number of carbonyl (C=O) groups excluding carboxylic acids is 3. The summed E-state index contributed by atoms with van der Waals surface area (Å²) in [5.41, 5.74) is 1.51. The normalized spacial score (nSPS) is 44.8. The Morgan fingerprint density at radius 2 is 1.88 bits per heavy atom. The molecule has 34 heavy (non-hydrogen) atoms. The fourth-order valence-electron chi connectivity index (χ4n) is 9.20. The highest BCUT2D eigenvalue weighted by Crippen LogP contribution is 2.68. The maximum absolute atomic E-state index is 12.4. The third-order valence-electron chi connectivity index (χ3n) is 11.1. The number of ketones is 1. The lowest BCUT2D eigenvalue weighted by Crippen LogP contribution is -2.54. The minimum Gasteiger partial charge on any atom is -0.465 e. The van der Waals surface area contributed by atoms with Gasteiger partial charge in [-0.15, -0.1) is 0 Å². The zero-order chi connectivity index (χ0) is 24.3. The van der Waals surface area contributed by atoms with Crippen LogP contribution >= 0.6 is 0 Å². The Bertz CT molecular complexity index is 891. The minimum absolute atomic E-state index is 0.00201. The maximum Gasteiger partial charge on any atom is 0.308 e. The first kappa shape index (κ1) is 24.1. The van der Waals surface area contributed by atoms with Crippen molar-refractivity contribution in [1.29, 1.82) is 0 Å². The van der Waals surface area contributed by atoms with E-state index in [1.165, 1.54) is 18.9 Å². The Morgan fingerprint density at radius 1 is 1.09 bits per heavy atom. The maximum atomic E-state index is 12.4. The third kappa shape index (κ3) is 3.76. The highest BCUT2D eigenvalue weighted by molar-refractivity contribution is 5.91. The van der Waals surface area contributed by atoms with E-state index < -0.39 is 0 Å². The van der Waals surface area contributed by atoms with Crippen LogP contribution in [0.1, 0.15) is 91.9 Å². The van der Waals surface area contributed by atoms with E-state index in [0.29, 0.717) is 42.5 Å². The second-order valence-electron chi connectivity index (χ2n) is 12.5. The van der Waals surface area contributed by atoms with Crippen molar-refractivity contribution in [3.05, 3.63) is 11.6 Å². The van der Waals surface area contributed by atoms with Gasteiger partial charge in [0, 0.05) is 18.8 Å². The molecule has 0 amide bonds. The zero-order valence-corrected chi connectivity index (χ0v) is 21.4. The topological polar surface area (TPSA) is 69.7 Å². The van der Waals surface area contributed by atoms with Gasteiger partial charge in [0.15, 0.2) is 5.78 Å². The van der Waals surface area contributed by atoms with Crippen molar-refractivity contribution in [3.63, 3.8) is 0 Å². The van der Waals surface area contributed by atoms with Crippen molar-refractivity contribution in [2.45, 2.75) is 98.0 Å². The number of fused-ring (bicyclic) bond motifs is 5. The van der Waals surface area contributed by atoms with E-state index in [9.17, 15) is 14.4 Å². The van der Waals surface area contributed by atoms with Gasteiger partial charge < -0.3 is 9.47 Å². The summed E-state index contributed by atoms with van der Waals surface area (Å²) in [7, 11) is 0. The first-order chi connectivity index (χ1) is 16.2. The van der Waals surface area contributed by atoms with Crippen LogP contribution in [0.5, 0.6) is 0 Å². The molecule has 5 aliphatic rings. The molecule has 0 N–H and O–H groups in total. The average molecular weight is 471 g/mol. The lowest BCUT2D eigenvalue weighted by molar-refractivity contribution is -0.170. The first-order valence-electron chi connectivity index (χ1n) is 13.7. The van der Waals surface area contributed by atoms with Crippen LogP contribution in [0, 0.1) is 46.3 Å². The quantitative estimate of drug-likeness (QED) is 0.496. The van der Waals surface area contributed by atoms with Crippen LogP contribution in [0.15, 0.2) is 11.6 Å². The third-order valence-corrected chi connectivity index (χ3v) is 11.1. The Balaban J connectivity index is 1.43. The summed E-state index contributed by atoms with van der Waals surface area (Å²) in [6.45, 7) is 8.67. The summed E-state index contributed by atoms with van der Waals surface area (Å²) in [6, 6.07) is 0. The average Bonchev–Trinajstić information content (AvgIpc) is 3.19. The predicted octanol–water partition coefficient (Wildman–Crippen LogP) is 5.66. The van der Waals surface area contributed by atoms with Crippen LogP contribution in [-0.4, -0.2) is 30.4 Å². The van der Waals surface area contributed by atoms with E-state index in [0.717, 1.165) is 51.4 Å². The van der Waals surface area contributed by atoms with E-state index in [1.54, 1.807) is 0 Å². The fraction of sp³-hybridized carbons (Fsp3) is 0.828. The number of carbonyl (C=O) groups is 3. The van der Waals surface area contributed by atoms with Gasteiger partial charge in [0.1, 0.15) is 6.10 Å². The van der Waals surface area contributed by atoms with Crippen LogP contribution in [-0.2, 0) is 23.9 Å². The van der Waals surface area contributed by atoms with E-state index in [-0.39, 0.29) is 40.7 Å². The predicted molar refractivity (Wildman–Crippen MR) is 129 cm³/mol. The van der Waals surface area contributed by atoms with Gasteiger partial charge in [0.25, 0.3) is 0 Å². The summed E-state index contributed by atoms with van der Waals surface area (Å²) in [6.07, 6.45) is 12.1. The molecule has 5 rings (SSSR count). The van der Waals surface area contributed by atoms with Gasteiger partial charge in [-0.1, -0.05) is 26.3 Å². The molecule has 1 aliphatic heterocycles. The summed E-state index contributed by atoms with van der Waals surface area (Å²) in [5, 5.41) is 0. The van der Waals surface area contributed by atoms with Crippen LogP contribution < -0.4 is 0 Å². The lowest BCUT2D eigenvalue weighted by Gasteiger charge is -2.59. The van der Waals surface area contributed by atoms with Crippen molar-refractivity contribution in [2.24, 2.45) is 46.3 Å². The Labute approximate surface area is 204 Å². The molecule has 0 bridgehead atoms. The van der Waals surface area contributed by atoms with Crippen molar-refractivity contribution in [3.8, 4) is 0 Å². The van der Waals surface area contributed by atoms with Crippen LogP contribution in [0.2, 0.25) is 0 Å². The molecule has 5 unspecified atom stereocenters. The van der Waals surface area contributed by atoms with Crippen molar-refractivity contribution >= 4 is 17.7 Å². The molecule has 188 valence electrons. The molecule has 0 spiro atoms. The van der Waals surface area contributed by atoms with E-state index in [1.807, 2.05) is 13.0 Å². The van der Waals surface area contributed by atoms with Gasteiger partial charge in [-0.3, -0.25) is 14.4 Å². The van der Waals surface area contributed by atoms with Gasteiger partial charge in [-0.05, 0) is 98.9 Å². The Hall–Kier alpha value is -1.65. The first-order valence-corrected chi connectivity index (χ1v) is 13.7. The molecular formula is C29H42O5. The highest BCUT2D eigenvalue weighted by atomic mass is 16.5. The molecule has 3 saturated carbocycles. The highest BCUT2D eigenvalue weighted by Gasteiger charge is 2.62. The number of hydrogen-bond donors (Lipinski definition) is 0. The van der Waals surface area contributed by atoms with E-state index in [2.05, 4.69) is 13.8 Å². The van der Waals surface area contributed by atoms with Gasteiger partial charge >= 0.3 is 11.9 Å². The molecule has 1 heterocycles. The summed E-state index contributed by atoms with van der Waals surface area (Å²) in [5.74, 6) is 2.49. The standard InChI is InChI=1S/C29H42O5/c1-17-5-10-26(34-27(17)32)18(2)23-8-9-25-22-7-6-20-15-21(31)11-13-28(20,4)24(22)12-14-29(23,25)16-33-19(3)30/h15,17-18,22-26H,5-14,16H2,1-4H3/t17?,18-,22?,23+,24?,25?,26?,28-,29-/m0/s1. The second kappa shape index (κ2) is 8.78. The van der Waals surface area contributed by atoms with Crippen molar-refractivity contribution in [1.82, 2.24) is 0 Å². The summed E-state index contributed by atoms with van der Waals surface area (Å²) >= 11 is 0. The van der Waals surface area contributed by atoms with Crippen LogP contribution in [0.25, 0.3) is 0 Å². The van der Waals surface area contributed by atoms with Gasteiger partial charge in [0.05, 0.1) is 12.5 Å². The molecule has 0 radical (unpaired) electrons. The number of ether oxygens (including phenoxy) is 2. The van der Waals surface area contributed by atoms with Crippen molar-refractivity contribution < 1.29 is 23.9 Å².